The summed E-state index contributed by atoms with van der Waals surface area (Å²) < 4.78 is 0. The van der Waals surface area contributed by atoms with Crippen molar-refractivity contribution in [2.24, 2.45) is 0 Å². The molecule has 0 radical (unpaired) electrons. The van der Waals surface area contributed by atoms with Gasteiger partial charge in [0, 0.05) is 0 Å². The molecule has 1 aliphatic heterocycles. The Kier molecular flexibility index (Phi) is 2.60. The molecule has 1 saturated carbocycles. The largest absolute Gasteiger partial charge is 0.316 e. The molecule has 1 heteroatoms. The van der Waals surface area contributed by atoms with Crippen molar-refractivity contribution in [2.45, 2.75) is 50.9 Å². The van der Waals surface area contributed by atoms with Crippen molar-refractivity contribution in [1.29, 1.82) is 0 Å². The maximum absolute atomic E-state index is 4.14. The van der Waals surface area contributed by atoms with Gasteiger partial charge in [-0.05, 0) is 97.3 Å². The van der Waals surface area contributed by atoms with Crippen molar-refractivity contribution in [2.75, 3.05) is 13.1 Å². The number of fused-ring (bicyclic) bond motifs is 6. The van der Waals surface area contributed by atoms with Crippen molar-refractivity contribution < 1.29 is 0 Å². The molecule has 3 aliphatic rings. The van der Waals surface area contributed by atoms with Gasteiger partial charge in [0.2, 0.25) is 0 Å². The van der Waals surface area contributed by atoms with Crippen LogP contribution in [0.5, 0.6) is 0 Å². The minimum absolute atomic E-state index is 0.841. The monoisotopic (exact) mass is 253 g/mol. The third-order valence-electron chi connectivity index (χ3n) is 5.68. The van der Waals surface area contributed by atoms with Gasteiger partial charge in [0.1, 0.15) is 0 Å². The second-order valence-electron chi connectivity index (χ2n) is 6.48. The average molecular weight is 253 g/mol. The van der Waals surface area contributed by atoms with E-state index in [1.165, 1.54) is 37.7 Å². The summed E-state index contributed by atoms with van der Waals surface area (Å²) in [6, 6.07) is 0. The van der Waals surface area contributed by atoms with E-state index in [0.717, 1.165) is 24.9 Å². The fraction of sp³-hybridized carbons (Fsp3) is 0.556. The first-order chi connectivity index (χ1) is 9.31. The summed E-state index contributed by atoms with van der Waals surface area (Å²) in [5, 5.41) is 3.55. The maximum atomic E-state index is 4.14. The van der Waals surface area contributed by atoms with E-state index in [-0.39, 0.29) is 0 Å². The zero-order valence-electron chi connectivity index (χ0n) is 11.9. The number of rotatable bonds is 1. The molecule has 2 unspecified atom stereocenters. The molecule has 0 amide bonds. The molecule has 1 aromatic rings. The molecule has 1 aromatic carbocycles. The Bertz CT molecular complexity index is 556. The number of hydrogen-bond acceptors (Lipinski definition) is 1. The van der Waals surface area contributed by atoms with Crippen LogP contribution in [0.4, 0.5) is 0 Å². The van der Waals surface area contributed by atoms with E-state index in [0.29, 0.717) is 0 Å². The van der Waals surface area contributed by atoms with E-state index in [2.05, 4.69) is 24.9 Å². The lowest BCUT2D eigenvalue weighted by atomic mass is 9.79. The van der Waals surface area contributed by atoms with E-state index >= 15 is 0 Å². The second-order valence-corrected chi connectivity index (χ2v) is 6.48. The maximum Gasteiger partial charge on any atom is -0.000790 e. The first kappa shape index (κ1) is 11.7. The van der Waals surface area contributed by atoms with Gasteiger partial charge in [-0.1, -0.05) is 12.7 Å². The zero-order chi connectivity index (χ0) is 13.0. The lowest BCUT2D eigenvalue weighted by Gasteiger charge is -2.25. The van der Waals surface area contributed by atoms with Crippen molar-refractivity contribution in [3.63, 3.8) is 0 Å². The van der Waals surface area contributed by atoms with E-state index in [1.807, 2.05) is 0 Å². The number of hydrogen-bond donors (Lipinski definition) is 1. The topological polar surface area (TPSA) is 12.0 Å². The molecule has 1 fully saturated rings. The molecule has 1 nitrogen and oxygen atoms in total. The second kappa shape index (κ2) is 4.21. The Hall–Kier alpha value is -1.08. The minimum atomic E-state index is 0.841. The van der Waals surface area contributed by atoms with Crippen LogP contribution in [-0.2, 0) is 12.8 Å². The summed E-state index contributed by atoms with van der Waals surface area (Å²) in [6.45, 7) is 8.79. The van der Waals surface area contributed by atoms with E-state index in [9.17, 15) is 0 Å². The van der Waals surface area contributed by atoms with E-state index in [4.69, 9.17) is 0 Å². The van der Waals surface area contributed by atoms with Gasteiger partial charge in [0.25, 0.3) is 0 Å². The fourth-order valence-electron chi connectivity index (χ4n) is 4.94. The molecule has 100 valence electrons. The summed E-state index contributed by atoms with van der Waals surface area (Å²) in [4.78, 5) is 0. The normalized spacial score (nSPS) is 27.8. The third-order valence-corrected chi connectivity index (χ3v) is 5.68. The molecular weight excluding hydrogens is 230 g/mol. The van der Waals surface area contributed by atoms with Crippen molar-refractivity contribution in [3.05, 3.63) is 40.0 Å². The molecule has 1 heterocycles. The molecule has 2 bridgehead atoms. The van der Waals surface area contributed by atoms with Gasteiger partial charge in [0.15, 0.2) is 0 Å². The highest BCUT2D eigenvalue weighted by atomic mass is 14.8. The smallest absolute Gasteiger partial charge is 0.000790 e. The van der Waals surface area contributed by atoms with Gasteiger partial charge in [-0.2, -0.15) is 0 Å². The third kappa shape index (κ3) is 1.51. The van der Waals surface area contributed by atoms with Crippen molar-refractivity contribution >= 4 is 6.08 Å². The van der Waals surface area contributed by atoms with E-state index < -0.39 is 0 Å². The lowest BCUT2D eigenvalue weighted by Crippen LogP contribution is -2.16. The molecule has 0 spiro atoms. The first-order valence-corrected chi connectivity index (χ1v) is 7.82. The van der Waals surface area contributed by atoms with Crippen LogP contribution in [0.3, 0.4) is 0 Å². The molecule has 4 rings (SSSR count). The first-order valence-electron chi connectivity index (χ1n) is 7.82. The summed E-state index contributed by atoms with van der Waals surface area (Å²) in [6.07, 6.45) is 8.79. The van der Waals surface area contributed by atoms with Gasteiger partial charge < -0.3 is 5.32 Å². The Morgan fingerprint density at radius 2 is 1.74 bits per heavy atom. The van der Waals surface area contributed by atoms with Gasteiger partial charge in [0.05, 0.1) is 0 Å². The highest BCUT2D eigenvalue weighted by molar-refractivity contribution is 5.68. The average Bonchev–Trinajstić information content (AvgIpc) is 2.94. The summed E-state index contributed by atoms with van der Waals surface area (Å²) in [5.74, 6) is 1.70. The molecular formula is C18H23N. The zero-order valence-corrected chi connectivity index (χ0v) is 11.9. The molecule has 1 N–H and O–H groups in total. The van der Waals surface area contributed by atoms with Crippen LogP contribution < -0.4 is 5.32 Å². The Morgan fingerprint density at radius 3 is 2.47 bits per heavy atom. The van der Waals surface area contributed by atoms with Crippen molar-refractivity contribution in [3.8, 4) is 0 Å². The highest BCUT2D eigenvalue weighted by Gasteiger charge is 2.40. The summed E-state index contributed by atoms with van der Waals surface area (Å²) >= 11 is 0. The van der Waals surface area contributed by atoms with Crippen LogP contribution in [0.2, 0.25) is 0 Å². The molecule has 0 aromatic heterocycles. The summed E-state index contributed by atoms with van der Waals surface area (Å²) in [7, 11) is 0. The lowest BCUT2D eigenvalue weighted by molar-refractivity contribution is 0.707. The van der Waals surface area contributed by atoms with Crippen molar-refractivity contribution in [1.82, 2.24) is 5.32 Å². The van der Waals surface area contributed by atoms with Gasteiger partial charge >= 0.3 is 0 Å². The standard InChI is InChI=1S/C18H23N/c1-3-14-16-7-9-19-8-6-15(16)11(2)17-12-4-5-13(10-12)18(14)17/h3,12-13,19H,1,4-10H2,2H3. The quantitative estimate of drug-likeness (QED) is 0.805. The van der Waals surface area contributed by atoms with E-state index in [1.54, 1.807) is 27.8 Å². The van der Waals surface area contributed by atoms with Gasteiger partial charge in [-0.3, -0.25) is 0 Å². The number of nitrogens with one attached hydrogen (secondary N) is 1. The Labute approximate surface area is 116 Å². The molecule has 19 heavy (non-hydrogen) atoms. The molecule has 2 aliphatic carbocycles. The molecule has 0 saturated heterocycles. The Morgan fingerprint density at radius 1 is 1.05 bits per heavy atom. The predicted molar refractivity (Wildman–Crippen MR) is 80.9 cm³/mol. The summed E-state index contributed by atoms with van der Waals surface area (Å²) in [5.41, 5.74) is 9.84. The van der Waals surface area contributed by atoms with Crippen LogP contribution in [0.25, 0.3) is 6.08 Å². The molecule has 2 atom stereocenters. The van der Waals surface area contributed by atoms with Crippen LogP contribution >= 0.6 is 0 Å². The minimum Gasteiger partial charge on any atom is -0.316 e. The van der Waals surface area contributed by atoms with Gasteiger partial charge in [-0.25, -0.2) is 0 Å². The number of benzene rings is 1. The Balaban J connectivity index is 2.02. The van der Waals surface area contributed by atoms with Crippen LogP contribution in [0.1, 0.15) is 64.5 Å². The van der Waals surface area contributed by atoms with Crippen LogP contribution in [0, 0.1) is 6.92 Å². The predicted octanol–water partition coefficient (Wildman–Crippen LogP) is 3.69. The SMILES string of the molecule is C=Cc1c2c(c(C)c3c1C1CCC3C1)CCNCC2. The van der Waals surface area contributed by atoms with Gasteiger partial charge in [-0.15, -0.1) is 0 Å². The fourth-order valence-corrected chi connectivity index (χ4v) is 4.94. The van der Waals surface area contributed by atoms with Crippen LogP contribution in [0.15, 0.2) is 6.58 Å². The highest BCUT2D eigenvalue weighted by Crippen LogP contribution is 2.56. The van der Waals surface area contributed by atoms with Crippen LogP contribution in [-0.4, -0.2) is 13.1 Å².